The molecule has 0 radical (unpaired) electrons. The van der Waals surface area contributed by atoms with Crippen molar-refractivity contribution in [2.45, 2.75) is 58.5 Å². The first-order chi connectivity index (χ1) is 12.2. The lowest BCUT2D eigenvalue weighted by atomic mass is 10.0. The van der Waals surface area contributed by atoms with Crippen LogP contribution in [0.3, 0.4) is 0 Å². The van der Waals surface area contributed by atoms with Crippen molar-refractivity contribution in [1.82, 2.24) is 25.3 Å². The van der Waals surface area contributed by atoms with E-state index in [1.807, 2.05) is 30.2 Å². The summed E-state index contributed by atoms with van der Waals surface area (Å²) in [5, 5.41) is 11.2. The summed E-state index contributed by atoms with van der Waals surface area (Å²) in [6.07, 6.45) is 10.3. The summed E-state index contributed by atoms with van der Waals surface area (Å²) >= 11 is 0. The van der Waals surface area contributed by atoms with Crippen molar-refractivity contribution in [3.05, 3.63) is 18.5 Å². The smallest absolute Gasteiger partial charge is 0.191 e. The molecular formula is C19H37IN6. The maximum Gasteiger partial charge on any atom is 0.191 e. The summed E-state index contributed by atoms with van der Waals surface area (Å²) in [5.74, 6) is 1.55. The van der Waals surface area contributed by atoms with Gasteiger partial charge in [0.1, 0.15) is 0 Å². The number of rotatable bonds is 8. The van der Waals surface area contributed by atoms with Crippen molar-refractivity contribution in [2.75, 3.05) is 33.2 Å². The molecule has 7 heteroatoms. The van der Waals surface area contributed by atoms with E-state index in [1.165, 1.54) is 38.8 Å². The molecule has 1 aliphatic heterocycles. The standard InChI is InChI=1S/C19H36N6.HI/c1-17(2)18(24-12-6-4-5-7-13-24)16-22-19(20-3)21-10-8-14-25-15-9-11-23-25;/h9,11,15,17-18H,4-8,10,12-14,16H2,1-3H3,(H2,20,21,22);1H. The van der Waals surface area contributed by atoms with Gasteiger partial charge >= 0.3 is 0 Å². The Balaban J connectivity index is 0.00000338. The molecule has 1 fully saturated rings. The summed E-state index contributed by atoms with van der Waals surface area (Å²) in [6, 6.07) is 2.53. The van der Waals surface area contributed by atoms with Gasteiger partial charge in [0.15, 0.2) is 5.96 Å². The number of aryl methyl sites for hydroxylation is 1. The second kappa shape index (κ2) is 13.4. The molecule has 1 aromatic heterocycles. The van der Waals surface area contributed by atoms with Crippen LogP contribution in [0.25, 0.3) is 0 Å². The number of hydrogen-bond acceptors (Lipinski definition) is 3. The third-order valence-corrected chi connectivity index (χ3v) is 5.00. The van der Waals surface area contributed by atoms with Gasteiger partial charge in [-0.25, -0.2) is 0 Å². The zero-order valence-electron chi connectivity index (χ0n) is 16.7. The highest BCUT2D eigenvalue weighted by Crippen LogP contribution is 2.17. The highest BCUT2D eigenvalue weighted by Gasteiger charge is 2.22. The van der Waals surface area contributed by atoms with Gasteiger partial charge in [0, 0.05) is 45.1 Å². The molecule has 6 nitrogen and oxygen atoms in total. The minimum absolute atomic E-state index is 0. The van der Waals surface area contributed by atoms with Crippen LogP contribution in [-0.2, 0) is 6.54 Å². The molecular weight excluding hydrogens is 439 g/mol. The van der Waals surface area contributed by atoms with E-state index in [4.69, 9.17) is 0 Å². The lowest BCUT2D eigenvalue weighted by molar-refractivity contribution is 0.161. The van der Waals surface area contributed by atoms with Crippen LogP contribution in [0.1, 0.15) is 46.0 Å². The van der Waals surface area contributed by atoms with Crippen LogP contribution < -0.4 is 10.6 Å². The highest BCUT2D eigenvalue weighted by atomic mass is 127. The quantitative estimate of drug-likeness (QED) is 0.262. The molecule has 0 bridgehead atoms. The Hall–Kier alpha value is -0.830. The molecule has 1 aliphatic rings. The number of nitrogens with one attached hydrogen (secondary N) is 2. The molecule has 0 spiro atoms. The van der Waals surface area contributed by atoms with Crippen molar-refractivity contribution in [1.29, 1.82) is 0 Å². The normalized spacial score (nSPS) is 17.5. The maximum atomic E-state index is 4.37. The zero-order chi connectivity index (χ0) is 17.9. The van der Waals surface area contributed by atoms with E-state index < -0.39 is 0 Å². The highest BCUT2D eigenvalue weighted by molar-refractivity contribution is 14.0. The van der Waals surface area contributed by atoms with E-state index >= 15 is 0 Å². The molecule has 0 saturated carbocycles. The topological polar surface area (TPSA) is 57.5 Å². The number of hydrogen-bond donors (Lipinski definition) is 2. The fourth-order valence-electron chi connectivity index (χ4n) is 3.52. The van der Waals surface area contributed by atoms with Crippen LogP contribution >= 0.6 is 24.0 Å². The number of aliphatic imine (C=N–C) groups is 1. The van der Waals surface area contributed by atoms with Crippen LogP contribution in [0.5, 0.6) is 0 Å². The van der Waals surface area contributed by atoms with Crippen molar-refractivity contribution in [2.24, 2.45) is 10.9 Å². The Morgan fingerprint density at radius 2 is 1.88 bits per heavy atom. The first-order valence-electron chi connectivity index (χ1n) is 9.86. The van der Waals surface area contributed by atoms with Crippen molar-refractivity contribution in [3.8, 4) is 0 Å². The van der Waals surface area contributed by atoms with Crippen molar-refractivity contribution in [3.63, 3.8) is 0 Å². The van der Waals surface area contributed by atoms with Crippen LogP contribution in [0, 0.1) is 5.92 Å². The number of likely N-dealkylation sites (tertiary alicyclic amines) is 1. The summed E-state index contributed by atoms with van der Waals surface area (Å²) in [5.41, 5.74) is 0. The first kappa shape index (κ1) is 23.2. The van der Waals surface area contributed by atoms with Crippen LogP contribution in [0.15, 0.2) is 23.5 Å². The van der Waals surface area contributed by atoms with Crippen molar-refractivity contribution < 1.29 is 0 Å². The van der Waals surface area contributed by atoms with E-state index in [1.54, 1.807) is 0 Å². The van der Waals surface area contributed by atoms with E-state index in [2.05, 4.69) is 39.5 Å². The fraction of sp³-hybridized carbons (Fsp3) is 0.789. The SMILES string of the molecule is CN=C(NCCCn1cccn1)NCC(C(C)C)N1CCCCCC1.I. The minimum atomic E-state index is 0. The number of aromatic nitrogens is 2. The summed E-state index contributed by atoms with van der Waals surface area (Å²) < 4.78 is 1.96. The van der Waals surface area contributed by atoms with Gasteiger partial charge in [-0.05, 0) is 44.3 Å². The predicted octanol–water partition coefficient (Wildman–Crippen LogP) is 2.96. The Morgan fingerprint density at radius 1 is 1.15 bits per heavy atom. The van der Waals surface area contributed by atoms with Gasteiger partial charge in [0.05, 0.1) is 0 Å². The van der Waals surface area contributed by atoms with Gasteiger partial charge < -0.3 is 10.6 Å². The minimum Gasteiger partial charge on any atom is -0.356 e. The summed E-state index contributed by atoms with van der Waals surface area (Å²) in [6.45, 7) is 9.92. The lowest BCUT2D eigenvalue weighted by Crippen LogP contribution is -2.49. The summed E-state index contributed by atoms with van der Waals surface area (Å²) in [4.78, 5) is 7.05. The van der Waals surface area contributed by atoms with Crippen LogP contribution in [-0.4, -0.2) is 59.9 Å². The zero-order valence-corrected chi connectivity index (χ0v) is 19.0. The predicted molar refractivity (Wildman–Crippen MR) is 120 cm³/mol. The monoisotopic (exact) mass is 476 g/mol. The van der Waals surface area contributed by atoms with Gasteiger partial charge in [-0.2, -0.15) is 5.10 Å². The van der Waals surface area contributed by atoms with Gasteiger partial charge in [0.25, 0.3) is 0 Å². The van der Waals surface area contributed by atoms with Gasteiger partial charge in [-0.3, -0.25) is 14.6 Å². The van der Waals surface area contributed by atoms with Gasteiger partial charge in [0.2, 0.25) is 0 Å². The molecule has 1 saturated heterocycles. The van der Waals surface area contributed by atoms with E-state index in [-0.39, 0.29) is 24.0 Å². The van der Waals surface area contributed by atoms with Gasteiger partial charge in [-0.1, -0.05) is 26.7 Å². The lowest BCUT2D eigenvalue weighted by Gasteiger charge is -2.34. The van der Waals surface area contributed by atoms with Crippen LogP contribution in [0.2, 0.25) is 0 Å². The molecule has 0 amide bonds. The fourth-order valence-corrected chi connectivity index (χ4v) is 3.52. The molecule has 0 aliphatic carbocycles. The molecule has 1 unspecified atom stereocenters. The van der Waals surface area contributed by atoms with Crippen LogP contribution in [0.4, 0.5) is 0 Å². The Labute approximate surface area is 176 Å². The number of nitrogens with zero attached hydrogens (tertiary/aromatic N) is 4. The van der Waals surface area contributed by atoms with E-state index in [9.17, 15) is 0 Å². The second-order valence-corrected chi connectivity index (χ2v) is 7.26. The molecule has 1 atom stereocenters. The van der Waals surface area contributed by atoms with Crippen molar-refractivity contribution >= 4 is 29.9 Å². The molecule has 150 valence electrons. The first-order valence-corrected chi connectivity index (χ1v) is 9.86. The molecule has 1 aromatic rings. The molecule has 2 rings (SSSR count). The summed E-state index contributed by atoms with van der Waals surface area (Å²) in [7, 11) is 1.85. The average Bonchev–Trinajstić information content (AvgIpc) is 2.98. The largest absolute Gasteiger partial charge is 0.356 e. The Bertz CT molecular complexity index is 480. The second-order valence-electron chi connectivity index (χ2n) is 7.26. The van der Waals surface area contributed by atoms with Gasteiger partial charge in [-0.15, -0.1) is 24.0 Å². The molecule has 2 N–H and O–H groups in total. The van der Waals surface area contributed by atoms with E-state index in [0.29, 0.717) is 12.0 Å². The Kier molecular flexibility index (Phi) is 11.9. The maximum absolute atomic E-state index is 4.37. The molecule has 2 heterocycles. The number of halogens is 1. The third kappa shape index (κ3) is 8.24. The molecule has 0 aromatic carbocycles. The third-order valence-electron chi connectivity index (χ3n) is 5.00. The molecule has 26 heavy (non-hydrogen) atoms. The average molecular weight is 476 g/mol. The number of guanidine groups is 1. The van der Waals surface area contributed by atoms with E-state index in [0.717, 1.165) is 32.0 Å². The Morgan fingerprint density at radius 3 is 2.46 bits per heavy atom.